The second-order valence-corrected chi connectivity index (χ2v) is 8.17. The smallest absolute Gasteiger partial charge is 0.409 e. The van der Waals surface area contributed by atoms with Crippen LogP contribution in [-0.4, -0.2) is 51.2 Å². The average Bonchev–Trinajstić information content (AvgIpc) is 3.42. The first-order valence-corrected chi connectivity index (χ1v) is 10.6. The Labute approximate surface area is 183 Å². The molecule has 10 heteroatoms. The molecule has 0 fully saturated rings. The fourth-order valence-electron chi connectivity index (χ4n) is 4.65. The average molecular weight is 442 g/mol. The summed E-state index contributed by atoms with van der Waals surface area (Å²) < 4.78 is 34.7. The summed E-state index contributed by atoms with van der Waals surface area (Å²) in [5.41, 5.74) is 4.77. The number of aromatic amines is 1. The number of fused-ring (bicyclic) bond motifs is 2. The number of nitrogens with one attached hydrogen (secondary N) is 1. The summed E-state index contributed by atoms with van der Waals surface area (Å²) in [5, 5.41) is 11.7. The van der Waals surface area contributed by atoms with Crippen LogP contribution in [0, 0.1) is 0 Å². The summed E-state index contributed by atoms with van der Waals surface area (Å²) in [4.78, 5) is 15.7. The molecule has 5 rings (SSSR count). The molecule has 1 amide bonds. The van der Waals surface area contributed by atoms with E-state index in [0.29, 0.717) is 43.0 Å². The van der Waals surface area contributed by atoms with E-state index in [0.717, 1.165) is 35.3 Å². The topological polar surface area (TPSA) is 79.3 Å². The molecule has 1 N–H and O–H groups in total. The van der Waals surface area contributed by atoms with E-state index in [2.05, 4.69) is 15.3 Å². The lowest BCUT2D eigenvalue weighted by Gasteiger charge is -2.33. The van der Waals surface area contributed by atoms with Crippen LogP contribution in [0.15, 0.2) is 24.5 Å². The quantitative estimate of drug-likeness (QED) is 0.664. The number of ether oxygens (including phenoxy) is 1. The first-order chi connectivity index (χ1) is 15.5. The van der Waals surface area contributed by atoms with Crippen molar-refractivity contribution in [1.29, 1.82) is 0 Å². The maximum Gasteiger partial charge on any atom is 0.409 e. The molecule has 168 valence electrons. The Morgan fingerprint density at radius 1 is 1.25 bits per heavy atom. The maximum absolute atomic E-state index is 14.1. The van der Waals surface area contributed by atoms with Crippen molar-refractivity contribution in [3.05, 3.63) is 46.9 Å². The summed E-state index contributed by atoms with van der Waals surface area (Å²) in [6.45, 7) is 1.58. The van der Waals surface area contributed by atoms with Gasteiger partial charge < -0.3 is 14.5 Å². The lowest BCUT2D eigenvalue weighted by Crippen LogP contribution is -2.36. The van der Waals surface area contributed by atoms with Crippen LogP contribution in [0.4, 0.5) is 25.1 Å². The van der Waals surface area contributed by atoms with Crippen LogP contribution in [0.5, 0.6) is 0 Å². The van der Waals surface area contributed by atoms with Gasteiger partial charge in [-0.05, 0) is 36.1 Å². The van der Waals surface area contributed by atoms with Crippen molar-refractivity contribution in [3.8, 4) is 11.1 Å². The Morgan fingerprint density at radius 2 is 2.09 bits per heavy atom. The fourth-order valence-corrected chi connectivity index (χ4v) is 4.65. The Hall–Kier alpha value is -3.43. The number of carbonyl (C=O) groups excluding carboxylic acids is 1. The van der Waals surface area contributed by atoms with Gasteiger partial charge in [0.25, 0.3) is 6.43 Å². The van der Waals surface area contributed by atoms with Gasteiger partial charge in [-0.1, -0.05) is 0 Å². The van der Waals surface area contributed by atoms with Gasteiger partial charge in [-0.3, -0.25) is 9.78 Å². The van der Waals surface area contributed by atoms with Crippen molar-refractivity contribution >= 4 is 17.6 Å². The number of aryl methyl sites for hydroxylation is 2. The Morgan fingerprint density at radius 3 is 2.81 bits per heavy atom. The van der Waals surface area contributed by atoms with Crippen molar-refractivity contribution in [2.45, 2.75) is 32.2 Å². The summed E-state index contributed by atoms with van der Waals surface area (Å²) in [7, 11) is 3.13. The molecule has 4 heterocycles. The second kappa shape index (κ2) is 7.92. The van der Waals surface area contributed by atoms with Crippen LogP contribution in [0.2, 0.25) is 0 Å². The van der Waals surface area contributed by atoms with Crippen LogP contribution in [0.3, 0.4) is 0 Å². The van der Waals surface area contributed by atoms with Crippen LogP contribution < -0.4 is 4.90 Å². The van der Waals surface area contributed by atoms with Gasteiger partial charge in [0.15, 0.2) is 5.82 Å². The largest absolute Gasteiger partial charge is 0.453 e. The summed E-state index contributed by atoms with van der Waals surface area (Å²) in [5.74, 6) is 0.684. The van der Waals surface area contributed by atoms with E-state index in [-0.39, 0.29) is 11.7 Å². The predicted molar refractivity (Wildman–Crippen MR) is 114 cm³/mol. The highest BCUT2D eigenvalue weighted by Crippen LogP contribution is 2.42. The molecule has 32 heavy (non-hydrogen) atoms. The van der Waals surface area contributed by atoms with Gasteiger partial charge in [0.1, 0.15) is 0 Å². The predicted octanol–water partition coefficient (Wildman–Crippen LogP) is 3.96. The van der Waals surface area contributed by atoms with E-state index in [1.807, 2.05) is 11.0 Å². The maximum atomic E-state index is 14.1. The summed E-state index contributed by atoms with van der Waals surface area (Å²) in [6.07, 6.45) is 2.66. The molecule has 3 aromatic rings. The van der Waals surface area contributed by atoms with Crippen molar-refractivity contribution in [2.75, 3.05) is 25.1 Å². The number of anilines is 2. The van der Waals surface area contributed by atoms with Crippen molar-refractivity contribution < 1.29 is 18.3 Å². The zero-order valence-corrected chi connectivity index (χ0v) is 17.9. The molecule has 0 saturated carbocycles. The molecule has 1 aromatic carbocycles. The molecule has 0 atom stereocenters. The normalized spacial score (nSPS) is 15.7. The Bertz CT molecular complexity index is 1170. The summed E-state index contributed by atoms with van der Waals surface area (Å²) in [6, 6.07) is 3.45. The molecule has 0 unspecified atom stereocenters. The molecular formula is C22H24F2N6O2. The van der Waals surface area contributed by atoms with Gasteiger partial charge in [0.05, 0.1) is 19.9 Å². The van der Waals surface area contributed by atoms with E-state index in [4.69, 9.17) is 4.74 Å². The number of rotatable bonds is 3. The lowest BCUT2D eigenvalue weighted by atomic mass is 9.93. The molecular weight excluding hydrogens is 418 g/mol. The van der Waals surface area contributed by atoms with Gasteiger partial charge >= 0.3 is 6.09 Å². The monoisotopic (exact) mass is 442 g/mol. The SMILES string of the molecule is COC(=O)N1CCc2[nH]nc(N3CCCc4cc(-c5cnn(C)c5)c(C(F)F)cc43)c2C1. The van der Waals surface area contributed by atoms with Crippen LogP contribution >= 0.6 is 0 Å². The Balaban J connectivity index is 1.57. The molecule has 2 aliphatic rings. The zero-order chi connectivity index (χ0) is 22.4. The van der Waals surface area contributed by atoms with Gasteiger partial charge in [0, 0.05) is 60.8 Å². The third-order valence-electron chi connectivity index (χ3n) is 6.22. The minimum Gasteiger partial charge on any atom is -0.453 e. The first-order valence-electron chi connectivity index (χ1n) is 10.6. The molecule has 0 aliphatic carbocycles. The molecule has 0 radical (unpaired) electrons. The molecule has 2 aromatic heterocycles. The van der Waals surface area contributed by atoms with Crippen molar-refractivity contribution in [1.82, 2.24) is 24.9 Å². The van der Waals surface area contributed by atoms with E-state index in [1.54, 1.807) is 35.1 Å². The van der Waals surface area contributed by atoms with Crippen LogP contribution in [-0.2, 0) is 31.2 Å². The van der Waals surface area contributed by atoms with Gasteiger partial charge in [-0.25, -0.2) is 13.6 Å². The molecule has 0 spiro atoms. The third kappa shape index (κ3) is 3.39. The second-order valence-electron chi connectivity index (χ2n) is 8.17. The van der Waals surface area contributed by atoms with Gasteiger partial charge in [-0.2, -0.15) is 10.2 Å². The number of alkyl halides is 2. The highest BCUT2D eigenvalue weighted by atomic mass is 19.3. The van der Waals surface area contributed by atoms with Crippen LogP contribution in [0.1, 0.15) is 35.2 Å². The fraction of sp³-hybridized carbons (Fsp3) is 0.409. The third-order valence-corrected chi connectivity index (χ3v) is 6.22. The van der Waals surface area contributed by atoms with Gasteiger partial charge in [0.2, 0.25) is 0 Å². The number of carbonyl (C=O) groups is 1. The van der Waals surface area contributed by atoms with Gasteiger partial charge in [-0.15, -0.1) is 0 Å². The lowest BCUT2D eigenvalue weighted by molar-refractivity contribution is 0.118. The highest BCUT2D eigenvalue weighted by Gasteiger charge is 2.31. The molecule has 0 saturated heterocycles. The number of halogens is 2. The van der Waals surface area contributed by atoms with Crippen LogP contribution in [0.25, 0.3) is 11.1 Å². The number of methoxy groups -OCH3 is 1. The van der Waals surface area contributed by atoms with E-state index in [1.165, 1.54) is 7.11 Å². The number of nitrogens with zero attached hydrogens (tertiary/aromatic N) is 5. The van der Waals surface area contributed by atoms with E-state index >= 15 is 0 Å². The number of hydrogen-bond acceptors (Lipinski definition) is 5. The van der Waals surface area contributed by atoms with E-state index in [9.17, 15) is 13.6 Å². The standard InChI is InChI=1S/C22H24F2N6O2/c1-28-11-14(10-25-28)15-8-13-4-3-6-30(19(13)9-16(15)20(23)24)21-17-12-29(22(31)32-2)7-5-18(17)26-27-21/h8-11,20H,3-7,12H2,1-2H3,(H,26,27). The molecule has 8 nitrogen and oxygen atoms in total. The number of hydrogen-bond donors (Lipinski definition) is 1. The zero-order valence-electron chi connectivity index (χ0n) is 17.9. The van der Waals surface area contributed by atoms with E-state index < -0.39 is 6.43 Å². The number of H-pyrrole nitrogens is 1. The van der Waals surface area contributed by atoms with Crippen molar-refractivity contribution in [2.24, 2.45) is 7.05 Å². The van der Waals surface area contributed by atoms with Crippen molar-refractivity contribution in [3.63, 3.8) is 0 Å². The number of benzene rings is 1. The molecule has 0 bridgehead atoms. The minimum atomic E-state index is -2.62. The molecule has 2 aliphatic heterocycles. The highest BCUT2D eigenvalue weighted by molar-refractivity contribution is 5.77. The summed E-state index contributed by atoms with van der Waals surface area (Å²) >= 11 is 0. The minimum absolute atomic E-state index is 0.0239. The first kappa shape index (κ1) is 20.5. The number of amides is 1. The Kier molecular flexibility index (Phi) is 5.07. The number of aromatic nitrogens is 4.